The average Bonchev–Trinajstić information content (AvgIpc) is 2.21. The van der Waals surface area contributed by atoms with Gasteiger partial charge in [0.1, 0.15) is 0 Å². The molecular weight excluding hydrogens is 212 g/mol. The fourth-order valence-electron chi connectivity index (χ4n) is 1.51. The van der Waals surface area contributed by atoms with Crippen molar-refractivity contribution < 1.29 is 18.8 Å². The molecule has 0 aliphatic rings. The highest BCUT2D eigenvalue weighted by molar-refractivity contribution is 6.63. The molecule has 0 radical (unpaired) electrons. The van der Waals surface area contributed by atoms with Crippen LogP contribution < -0.4 is 5.19 Å². The van der Waals surface area contributed by atoms with Crippen LogP contribution in [0.5, 0.6) is 0 Å². The molecule has 1 rings (SSSR count). The molecule has 0 bridgehead atoms. The lowest BCUT2D eigenvalue weighted by atomic mass is 10.1. The minimum absolute atomic E-state index is 0.273. The molecule has 1 aromatic carbocycles. The van der Waals surface area contributed by atoms with Crippen molar-refractivity contribution in [3.05, 3.63) is 29.3 Å². The second kappa shape index (κ2) is 5.06. The van der Waals surface area contributed by atoms with Crippen molar-refractivity contribution in [2.45, 2.75) is 6.92 Å². The quantitative estimate of drug-likeness (QED) is 0.756. The number of benzene rings is 1. The smallest absolute Gasteiger partial charge is 0.356 e. The van der Waals surface area contributed by atoms with Gasteiger partial charge in [0.15, 0.2) is 0 Å². The van der Waals surface area contributed by atoms with Gasteiger partial charge in [-0.3, -0.25) is 0 Å². The zero-order valence-electron chi connectivity index (χ0n) is 8.98. The number of rotatable bonds is 4. The lowest BCUT2D eigenvalue weighted by Gasteiger charge is -2.16. The van der Waals surface area contributed by atoms with Gasteiger partial charge < -0.3 is 14.0 Å². The van der Waals surface area contributed by atoms with Crippen LogP contribution in [0.4, 0.5) is 0 Å². The van der Waals surface area contributed by atoms with Crippen LogP contribution in [-0.4, -0.2) is 34.6 Å². The standard InChI is InChI=1S/C10H14O4Si/c1-7-5-4-6-8(10(11)12)9(7)15(13-2)14-3/h4-6,15H,1-3H3,(H,11,12). The maximum atomic E-state index is 11.0. The van der Waals surface area contributed by atoms with Crippen molar-refractivity contribution in [2.75, 3.05) is 14.2 Å². The molecule has 0 saturated carbocycles. The summed E-state index contributed by atoms with van der Waals surface area (Å²) in [5.74, 6) is -0.944. The summed E-state index contributed by atoms with van der Waals surface area (Å²) < 4.78 is 10.4. The summed E-state index contributed by atoms with van der Waals surface area (Å²) in [7, 11) is 1.01. The van der Waals surface area contributed by atoms with Crippen LogP contribution in [0.3, 0.4) is 0 Å². The SMILES string of the molecule is CO[SiH](OC)c1c(C)cccc1C(=O)O. The summed E-state index contributed by atoms with van der Waals surface area (Å²) in [5.41, 5.74) is 1.17. The summed E-state index contributed by atoms with van der Waals surface area (Å²) in [4.78, 5) is 11.0. The minimum atomic E-state index is -2.07. The van der Waals surface area contributed by atoms with E-state index in [1.165, 1.54) is 0 Å². The highest BCUT2D eigenvalue weighted by Gasteiger charge is 2.22. The predicted octanol–water partition coefficient (Wildman–Crippen LogP) is 0.414. The molecule has 4 nitrogen and oxygen atoms in total. The van der Waals surface area contributed by atoms with Crippen molar-refractivity contribution in [1.82, 2.24) is 0 Å². The number of hydrogen-bond donors (Lipinski definition) is 1. The van der Waals surface area contributed by atoms with E-state index in [-0.39, 0.29) is 5.56 Å². The molecule has 0 atom stereocenters. The Morgan fingerprint density at radius 1 is 1.33 bits per heavy atom. The van der Waals surface area contributed by atoms with E-state index in [9.17, 15) is 4.79 Å². The normalized spacial score (nSPS) is 10.7. The Balaban J connectivity index is 3.29. The first-order valence-electron chi connectivity index (χ1n) is 4.50. The topological polar surface area (TPSA) is 55.8 Å². The number of aromatic carboxylic acids is 1. The van der Waals surface area contributed by atoms with E-state index < -0.39 is 15.3 Å². The average molecular weight is 226 g/mol. The van der Waals surface area contributed by atoms with Gasteiger partial charge in [-0.25, -0.2) is 4.79 Å². The Bertz CT molecular complexity index is 360. The first-order valence-corrected chi connectivity index (χ1v) is 6.02. The van der Waals surface area contributed by atoms with Gasteiger partial charge in [0.05, 0.1) is 5.56 Å². The second-order valence-electron chi connectivity index (χ2n) is 3.14. The van der Waals surface area contributed by atoms with Gasteiger partial charge in [-0.05, 0) is 18.6 Å². The molecule has 0 aliphatic carbocycles. The van der Waals surface area contributed by atoms with E-state index in [1.807, 2.05) is 13.0 Å². The molecular formula is C10H14O4Si. The molecule has 0 aromatic heterocycles. The molecule has 0 fully saturated rings. The second-order valence-corrected chi connectivity index (χ2v) is 5.33. The Hall–Kier alpha value is -1.17. The number of carboxylic acid groups (broad SMARTS) is 1. The maximum Gasteiger partial charge on any atom is 0.356 e. The molecule has 0 unspecified atom stereocenters. The molecule has 1 N–H and O–H groups in total. The zero-order chi connectivity index (χ0) is 11.4. The lowest BCUT2D eigenvalue weighted by Crippen LogP contribution is -2.40. The van der Waals surface area contributed by atoms with Crippen LogP contribution in [0.2, 0.25) is 0 Å². The van der Waals surface area contributed by atoms with Crippen LogP contribution in [0.1, 0.15) is 15.9 Å². The van der Waals surface area contributed by atoms with E-state index >= 15 is 0 Å². The summed E-state index contributed by atoms with van der Waals surface area (Å²) in [6.07, 6.45) is 0. The zero-order valence-corrected chi connectivity index (χ0v) is 10.1. The highest BCUT2D eigenvalue weighted by atomic mass is 28.3. The summed E-state index contributed by atoms with van der Waals surface area (Å²) in [6.45, 7) is 1.86. The molecule has 0 amide bonds. The molecule has 5 heteroatoms. The molecule has 82 valence electrons. The maximum absolute atomic E-state index is 11.0. The van der Waals surface area contributed by atoms with E-state index in [2.05, 4.69) is 0 Å². The van der Waals surface area contributed by atoms with E-state index in [0.29, 0.717) is 5.19 Å². The van der Waals surface area contributed by atoms with Crippen molar-refractivity contribution in [2.24, 2.45) is 0 Å². The molecule has 0 saturated heterocycles. The summed E-state index contributed by atoms with van der Waals surface area (Å²) in [5, 5.41) is 9.74. The monoisotopic (exact) mass is 226 g/mol. The third-order valence-corrected chi connectivity index (χ3v) is 4.31. The molecule has 1 aromatic rings. The highest BCUT2D eigenvalue weighted by Crippen LogP contribution is 2.04. The van der Waals surface area contributed by atoms with Gasteiger partial charge in [-0.15, -0.1) is 0 Å². The fourth-order valence-corrected chi connectivity index (χ4v) is 3.12. The Kier molecular flexibility index (Phi) is 4.02. The molecule has 15 heavy (non-hydrogen) atoms. The fraction of sp³-hybridized carbons (Fsp3) is 0.300. The minimum Gasteiger partial charge on any atom is -0.478 e. The first-order chi connectivity index (χ1) is 7.11. The Morgan fingerprint density at radius 2 is 1.93 bits per heavy atom. The van der Waals surface area contributed by atoms with Gasteiger partial charge in [0.25, 0.3) is 0 Å². The van der Waals surface area contributed by atoms with Crippen LogP contribution in [0, 0.1) is 6.92 Å². The van der Waals surface area contributed by atoms with E-state index in [4.69, 9.17) is 14.0 Å². The van der Waals surface area contributed by atoms with E-state index in [0.717, 1.165) is 5.56 Å². The van der Waals surface area contributed by atoms with Gasteiger partial charge >= 0.3 is 15.3 Å². The third kappa shape index (κ3) is 2.44. The number of hydrogen-bond acceptors (Lipinski definition) is 3. The molecule has 0 heterocycles. The summed E-state index contributed by atoms with van der Waals surface area (Å²) >= 11 is 0. The third-order valence-electron chi connectivity index (χ3n) is 2.22. The summed E-state index contributed by atoms with van der Waals surface area (Å²) in [6, 6.07) is 5.15. The number of carbonyl (C=O) groups is 1. The van der Waals surface area contributed by atoms with Gasteiger partial charge in [-0.2, -0.15) is 0 Å². The Morgan fingerprint density at radius 3 is 2.40 bits per heavy atom. The van der Waals surface area contributed by atoms with Gasteiger partial charge in [0, 0.05) is 19.4 Å². The predicted molar refractivity (Wildman–Crippen MR) is 58.9 cm³/mol. The lowest BCUT2D eigenvalue weighted by molar-refractivity contribution is 0.0697. The Labute approximate surface area is 90.3 Å². The largest absolute Gasteiger partial charge is 0.478 e. The number of aryl methyl sites for hydroxylation is 1. The van der Waals surface area contributed by atoms with Crippen LogP contribution in [0.15, 0.2) is 18.2 Å². The van der Waals surface area contributed by atoms with Gasteiger partial charge in [-0.1, -0.05) is 12.1 Å². The van der Waals surface area contributed by atoms with Crippen LogP contribution >= 0.6 is 0 Å². The van der Waals surface area contributed by atoms with Crippen molar-refractivity contribution in [1.29, 1.82) is 0 Å². The first kappa shape index (κ1) is 11.9. The van der Waals surface area contributed by atoms with Crippen molar-refractivity contribution in [3.63, 3.8) is 0 Å². The van der Waals surface area contributed by atoms with E-state index in [1.54, 1.807) is 26.4 Å². The molecule has 0 spiro atoms. The van der Waals surface area contributed by atoms with Gasteiger partial charge in [0.2, 0.25) is 0 Å². The van der Waals surface area contributed by atoms with Crippen LogP contribution in [-0.2, 0) is 8.85 Å². The molecule has 0 aliphatic heterocycles. The van der Waals surface area contributed by atoms with Crippen molar-refractivity contribution in [3.8, 4) is 0 Å². The number of carboxylic acids is 1. The van der Waals surface area contributed by atoms with Crippen molar-refractivity contribution >= 4 is 20.4 Å². The van der Waals surface area contributed by atoms with Crippen LogP contribution in [0.25, 0.3) is 0 Å².